The first-order valence-corrected chi connectivity index (χ1v) is 10.7. The van der Waals surface area contributed by atoms with E-state index in [0.717, 1.165) is 0 Å². The van der Waals surface area contributed by atoms with Crippen LogP contribution >= 0.6 is 8.25 Å². The van der Waals surface area contributed by atoms with Gasteiger partial charge in [-0.05, 0) is 12.1 Å². The number of hydrogen-bond donors (Lipinski definition) is 0. The van der Waals surface area contributed by atoms with E-state index in [1.54, 1.807) is 30.3 Å². The Morgan fingerprint density at radius 2 is 1.69 bits per heavy atom. The Hall–Kier alpha value is 1.20. The predicted molar refractivity (Wildman–Crippen MR) is 42.8 cm³/mol. The molecule has 0 heterocycles. The molecule has 0 amide bonds. The number of hydrogen-bond acceptors (Lipinski definition) is 4. The quantitative estimate of drug-likeness (QED) is 0.463. The van der Waals surface area contributed by atoms with Gasteiger partial charge in [0.05, 0.1) is 0 Å². The Kier molecular flexibility index (Phi) is 14.4. The smallest absolute Gasteiger partial charge is 1.00 e. The van der Waals surface area contributed by atoms with Gasteiger partial charge in [0.2, 0.25) is 0 Å². The zero-order valence-electron chi connectivity index (χ0n) is 8.10. The molecule has 1 aromatic rings. The summed E-state index contributed by atoms with van der Waals surface area (Å²) in [7, 11) is 2.37. The molecule has 7 heteroatoms. The first-order valence-electron chi connectivity index (χ1n) is 2.88. The van der Waals surface area contributed by atoms with Crippen molar-refractivity contribution in [2.45, 2.75) is 0 Å². The van der Waals surface area contributed by atoms with E-state index < -0.39 is 11.0 Å². The van der Waals surface area contributed by atoms with Crippen molar-refractivity contribution in [2.24, 2.45) is 0 Å². The van der Waals surface area contributed by atoms with Gasteiger partial charge in [-0.3, -0.25) is 0 Å². The molecule has 13 heavy (non-hydrogen) atoms. The van der Waals surface area contributed by atoms with Crippen molar-refractivity contribution in [3.8, 4) is 5.75 Å². The summed E-state index contributed by atoms with van der Waals surface area (Å²) in [6, 6.07) is 8.30. The molecular weight excluding hydrogens is 411 g/mol. The first kappa shape index (κ1) is 16.6. The van der Waals surface area contributed by atoms with Crippen molar-refractivity contribution in [3.05, 3.63) is 30.3 Å². The monoisotopic (exact) mass is 418 g/mol. The van der Waals surface area contributed by atoms with Gasteiger partial charge in [-0.1, -0.05) is 18.2 Å². The van der Waals surface area contributed by atoms with Gasteiger partial charge < -0.3 is 14.0 Å². The molecule has 1 rings (SSSR count). The van der Waals surface area contributed by atoms with E-state index in [9.17, 15) is 8.42 Å². The summed E-state index contributed by atoms with van der Waals surface area (Å²) in [4.78, 5) is 0. The van der Waals surface area contributed by atoms with Crippen LogP contribution in [0.4, 0.5) is 0 Å². The van der Waals surface area contributed by atoms with Crippen molar-refractivity contribution in [1.82, 2.24) is 0 Å². The van der Waals surface area contributed by atoms with E-state index in [1.807, 2.05) is 0 Å². The van der Waals surface area contributed by atoms with Crippen LogP contribution < -0.4 is 33.7 Å². The van der Waals surface area contributed by atoms with Gasteiger partial charge >= 0.3 is 62.7 Å². The van der Waals surface area contributed by atoms with Crippen LogP contribution in [0.25, 0.3) is 0 Å². The SMILES string of the molecule is O=[S-](=O)Oc1ccccc1.[Cl][Hg+].[H-].[Na+]. The van der Waals surface area contributed by atoms with Crippen LogP contribution in [0.2, 0.25) is 0 Å². The minimum Gasteiger partial charge on any atom is -1.00 e. The molecule has 0 aliphatic rings. The van der Waals surface area contributed by atoms with Gasteiger partial charge in [0, 0.05) is 0 Å². The Labute approximate surface area is 122 Å². The Bertz CT molecular complexity index is 278. The third-order valence-corrected chi connectivity index (χ3v) is 1.24. The molecule has 0 aromatic heterocycles. The summed E-state index contributed by atoms with van der Waals surface area (Å²) < 4.78 is 24.2. The third kappa shape index (κ3) is 9.50. The van der Waals surface area contributed by atoms with Gasteiger partial charge in [-0.25, -0.2) is 0 Å². The van der Waals surface area contributed by atoms with Gasteiger partial charge in [0.15, 0.2) is 0 Å². The third-order valence-electron chi connectivity index (χ3n) is 0.907. The largest absolute Gasteiger partial charge is 1.00 e. The second kappa shape index (κ2) is 11.3. The van der Waals surface area contributed by atoms with Crippen LogP contribution in [0, 0.1) is 0 Å². The fourth-order valence-electron chi connectivity index (χ4n) is 0.555. The summed E-state index contributed by atoms with van der Waals surface area (Å²) in [6.45, 7) is 0. The van der Waals surface area contributed by atoms with Crippen molar-refractivity contribution in [3.63, 3.8) is 0 Å². The van der Waals surface area contributed by atoms with E-state index >= 15 is 0 Å². The number of para-hydroxylation sites is 1. The van der Waals surface area contributed by atoms with Crippen molar-refractivity contribution < 1.29 is 68.5 Å². The maximum atomic E-state index is 9.95. The minimum atomic E-state index is -2.47. The molecule has 0 saturated heterocycles. The molecule has 0 bridgehead atoms. The molecule has 0 radical (unpaired) electrons. The number of halogens is 1. The summed E-state index contributed by atoms with van der Waals surface area (Å²) in [5, 5.41) is 0. The standard InChI is InChI=1S/C6H5O3S.ClH.Hg.Na.H/c7-10(8)9-6-4-2-1-3-5-6;;;;/h1-5H;1H;;;/q-1;;+2;+1;-1/p-1. The molecule has 0 aliphatic heterocycles. The van der Waals surface area contributed by atoms with E-state index in [0.29, 0.717) is 30.6 Å². The normalized spacial score (nSPS) is 8.00. The average Bonchev–Trinajstić information content (AvgIpc) is 2.08. The van der Waals surface area contributed by atoms with E-state index in [2.05, 4.69) is 4.18 Å². The molecule has 0 N–H and O–H groups in total. The maximum Gasteiger partial charge on any atom is 1.00 e. The first-order chi connectivity index (χ1) is 5.79. The fourth-order valence-corrected chi connectivity index (χ4v) is 0.823. The van der Waals surface area contributed by atoms with Gasteiger partial charge in [-0.2, -0.15) is 0 Å². The fraction of sp³-hybridized carbons (Fsp3) is 0. The Balaban J connectivity index is -0.000000284. The number of rotatable bonds is 2. The predicted octanol–water partition coefficient (Wildman–Crippen LogP) is -0.907. The second-order valence-corrected chi connectivity index (χ2v) is 2.18. The Morgan fingerprint density at radius 3 is 2.08 bits per heavy atom. The second-order valence-electron chi connectivity index (χ2n) is 1.60. The van der Waals surface area contributed by atoms with Crippen LogP contribution in [0.3, 0.4) is 0 Å². The maximum absolute atomic E-state index is 9.95. The van der Waals surface area contributed by atoms with Crippen LogP contribution in [0.1, 0.15) is 1.43 Å². The van der Waals surface area contributed by atoms with Crippen molar-refractivity contribution in [2.75, 3.05) is 0 Å². The zero-order chi connectivity index (χ0) is 9.40. The van der Waals surface area contributed by atoms with E-state index in [4.69, 9.17) is 8.25 Å². The minimum absolute atomic E-state index is 0. The summed E-state index contributed by atoms with van der Waals surface area (Å²) in [6.07, 6.45) is 0. The van der Waals surface area contributed by atoms with Crippen molar-refractivity contribution >= 4 is 19.2 Å². The molecule has 3 nitrogen and oxygen atoms in total. The van der Waals surface area contributed by atoms with Crippen LogP contribution in [0.15, 0.2) is 30.3 Å². The van der Waals surface area contributed by atoms with E-state index in [-0.39, 0.29) is 31.0 Å². The summed E-state index contributed by atoms with van der Waals surface area (Å²) >= 11 is 0.500. The zero-order valence-corrected chi connectivity index (χ0v) is 16.2. The Morgan fingerprint density at radius 1 is 1.23 bits per heavy atom. The molecule has 0 saturated carbocycles. The van der Waals surface area contributed by atoms with Crippen LogP contribution in [0.5, 0.6) is 5.75 Å². The molecule has 0 aliphatic carbocycles. The number of benzene rings is 1. The van der Waals surface area contributed by atoms with Crippen LogP contribution in [-0.2, 0) is 44.3 Å². The van der Waals surface area contributed by atoms with Gasteiger partial charge in [0.1, 0.15) is 16.7 Å². The molecule has 1 aromatic carbocycles. The topological polar surface area (TPSA) is 43.4 Å². The molecular formula is C6H6ClHgNaO3S. The molecule has 0 atom stereocenters. The molecule has 64 valence electrons. The van der Waals surface area contributed by atoms with Gasteiger partial charge in [0.25, 0.3) is 0 Å². The average molecular weight is 417 g/mol. The van der Waals surface area contributed by atoms with Crippen LogP contribution in [-0.4, -0.2) is 0 Å². The summed E-state index contributed by atoms with van der Waals surface area (Å²) in [5.74, 6) is 0.329. The molecule has 0 fully saturated rings. The summed E-state index contributed by atoms with van der Waals surface area (Å²) in [5.41, 5.74) is 0. The molecule has 0 spiro atoms. The van der Waals surface area contributed by atoms with Gasteiger partial charge in [-0.15, -0.1) is 0 Å². The molecule has 0 unspecified atom stereocenters. The van der Waals surface area contributed by atoms with E-state index in [1.165, 1.54) is 0 Å². The van der Waals surface area contributed by atoms with Crippen molar-refractivity contribution in [1.29, 1.82) is 0 Å².